The van der Waals surface area contributed by atoms with Crippen LogP contribution in [-0.2, 0) is 11.4 Å². The lowest BCUT2D eigenvalue weighted by molar-refractivity contribution is -0.115. The predicted octanol–water partition coefficient (Wildman–Crippen LogP) is 7.62. The van der Waals surface area contributed by atoms with Gasteiger partial charge in [0.15, 0.2) is 5.17 Å². The summed E-state index contributed by atoms with van der Waals surface area (Å²) >= 11 is 13.7. The highest BCUT2D eigenvalue weighted by molar-refractivity contribution is 8.18. The van der Waals surface area contributed by atoms with E-state index in [2.05, 4.69) is 28.5 Å². The number of amidine groups is 1. The summed E-state index contributed by atoms with van der Waals surface area (Å²) in [7, 11) is 0. The molecule has 4 aromatic rings. The van der Waals surface area contributed by atoms with Gasteiger partial charge in [-0.05, 0) is 76.1 Å². The standard InChI is InChI=1S/C27H18Cl2N2O2S/c28-20-9-11-21(12-10-20)30-27-31-26(32)25(34-27)15-17-8-13-24(23(29)14-17)33-16-19-6-3-5-18-4-1-2-7-22(18)19/h1-15H,16H2,(H,30,31,32)/b25-15-. The number of hydrogen-bond acceptors (Lipinski definition) is 4. The minimum Gasteiger partial charge on any atom is -0.487 e. The monoisotopic (exact) mass is 504 g/mol. The molecule has 0 spiro atoms. The van der Waals surface area contributed by atoms with Gasteiger partial charge in [-0.25, -0.2) is 4.99 Å². The molecule has 0 aromatic heterocycles. The van der Waals surface area contributed by atoms with Crippen molar-refractivity contribution in [2.24, 2.45) is 4.99 Å². The van der Waals surface area contributed by atoms with Crippen LogP contribution >= 0.6 is 35.0 Å². The summed E-state index contributed by atoms with van der Waals surface area (Å²) in [6, 6.07) is 26.9. The minimum absolute atomic E-state index is 0.204. The molecule has 5 rings (SSSR count). The number of fused-ring (bicyclic) bond motifs is 1. The maximum absolute atomic E-state index is 12.4. The van der Waals surface area contributed by atoms with Gasteiger partial charge in [-0.1, -0.05) is 71.7 Å². The highest BCUT2D eigenvalue weighted by Gasteiger charge is 2.24. The van der Waals surface area contributed by atoms with Crippen LogP contribution in [0.25, 0.3) is 16.8 Å². The Kier molecular flexibility index (Phi) is 6.59. The average molecular weight is 505 g/mol. The molecule has 168 valence electrons. The predicted molar refractivity (Wildman–Crippen MR) is 142 cm³/mol. The van der Waals surface area contributed by atoms with E-state index in [1.165, 1.54) is 17.1 Å². The first-order valence-corrected chi connectivity index (χ1v) is 12.1. The highest BCUT2D eigenvalue weighted by atomic mass is 35.5. The molecule has 34 heavy (non-hydrogen) atoms. The molecule has 7 heteroatoms. The second-order valence-corrected chi connectivity index (χ2v) is 9.45. The number of nitrogens with one attached hydrogen (secondary N) is 1. The minimum atomic E-state index is -0.204. The van der Waals surface area contributed by atoms with Gasteiger partial charge in [-0.3, -0.25) is 4.79 Å². The Morgan fingerprint density at radius 2 is 1.74 bits per heavy atom. The molecule has 1 aliphatic heterocycles. The third-order valence-corrected chi connectivity index (χ3v) is 6.68. The van der Waals surface area contributed by atoms with Crippen molar-refractivity contribution in [2.45, 2.75) is 6.61 Å². The normalized spacial score (nSPS) is 15.8. The molecule has 0 bridgehead atoms. The van der Waals surface area contributed by atoms with E-state index >= 15 is 0 Å². The topological polar surface area (TPSA) is 50.7 Å². The Balaban J connectivity index is 1.29. The van der Waals surface area contributed by atoms with E-state index < -0.39 is 0 Å². The number of hydrogen-bond donors (Lipinski definition) is 1. The largest absolute Gasteiger partial charge is 0.487 e. The van der Waals surface area contributed by atoms with Crippen LogP contribution < -0.4 is 10.1 Å². The van der Waals surface area contributed by atoms with Crippen LogP contribution in [0, 0.1) is 0 Å². The van der Waals surface area contributed by atoms with Crippen LogP contribution in [0.2, 0.25) is 10.0 Å². The van der Waals surface area contributed by atoms with Crippen molar-refractivity contribution in [3.63, 3.8) is 0 Å². The van der Waals surface area contributed by atoms with Crippen LogP contribution in [0.4, 0.5) is 5.69 Å². The summed E-state index contributed by atoms with van der Waals surface area (Å²) < 4.78 is 6.00. The quantitative estimate of drug-likeness (QED) is 0.284. The van der Waals surface area contributed by atoms with E-state index in [-0.39, 0.29) is 5.91 Å². The van der Waals surface area contributed by atoms with E-state index in [1.54, 1.807) is 36.4 Å². The summed E-state index contributed by atoms with van der Waals surface area (Å²) in [5.74, 6) is 0.385. The van der Waals surface area contributed by atoms with Crippen molar-refractivity contribution < 1.29 is 9.53 Å². The summed E-state index contributed by atoms with van der Waals surface area (Å²) in [5, 5.41) is 6.73. The molecule has 1 N–H and O–H groups in total. The summed E-state index contributed by atoms with van der Waals surface area (Å²) in [6.45, 7) is 0.407. The van der Waals surface area contributed by atoms with Crippen LogP contribution in [0.1, 0.15) is 11.1 Å². The van der Waals surface area contributed by atoms with E-state index in [9.17, 15) is 4.79 Å². The second kappa shape index (κ2) is 9.94. The third-order valence-electron chi connectivity index (χ3n) is 5.22. The van der Waals surface area contributed by atoms with Crippen molar-refractivity contribution in [2.75, 3.05) is 0 Å². The van der Waals surface area contributed by atoms with Gasteiger partial charge in [-0.2, -0.15) is 0 Å². The van der Waals surface area contributed by atoms with Gasteiger partial charge in [0.05, 0.1) is 15.6 Å². The maximum Gasteiger partial charge on any atom is 0.264 e. The summed E-state index contributed by atoms with van der Waals surface area (Å²) in [5.41, 5.74) is 2.60. The zero-order valence-electron chi connectivity index (χ0n) is 17.8. The summed E-state index contributed by atoms with van der Waals surface area (Å²) in [6.07, 6.45) is 1.78. The Hall–Kier alpha value is -3.25. The van der Waals surface area contributed by atoms with Gasteiger partial charge < -0.3 is 10.1 Å². The molecule has 4 aromatic carbocycles. The van der Waals surface area contributed by atoms with Gasteiger partial charge in [0.25, 0.3) is 5.91 Å². The number of aliphatic imine (C=N–C) groups is 1. The smallest absolute Gasteiger partial charge is 0.264 e. The average Bonchev–Trinajstić information content (AvgIpc) is 3.18. The zero-order valence-corrected chi connectivity index (χ0v) is 20.1. The number of carbonyl (C=O) groups is 1. The van der Waals surface area contributed by atoms with Gasteiger partial charge in [0.2, 0.25) is 0 Å². The number of ether oxygens (including phenoxy) is 1. The molecule has 0 saturated carbocycles. The zero-order chi connectivity index (χ0) is 23.5. The fourth-order valence-electron chi connectivity index (χ4n) is 3.56. The number of rotatable bonds is 5. The lowest BCUT2D eigenvalue weighted by atomic mass is 10.1. The number of carbonyl (C=O) groups excluding carboxylic acids is 1. The van der Waals surface area contributed by atoms with Crippen LogP contribution in [-0.4, -0.2) is 11.1 Å². The van der Waals surface area contributed by atoms with Crippen LogP contribution in [0.15, 0.2) is 94.8 Å². The molecule has 1 fully saturated rings. The summed E-state index contributed by atoms with van der Waals surface area (Å²) in [4.78, 5) is 17.4. The Bertz CT molecular complexity index is 1440. The molecule has 0 unspecified atom stereocenters. The first kappa shape index (κ1) is 22.5. The van der Waals surface area contributed by atoms with Crippen LogP contribution in [0.3, 0.4) is 0 Å². The van der Waals surface area contributed by atoms with E-state index in [4.69, 9.17) is 27.9 Å². The molecular weight excluding hydrogens is 487 g/mol. The van der Waals surface area contributed by atoms with Crippen molar-refractivity contribution in [1.29, 1.82) is 0 Å². The Morgan fingerprint density at radius 3 is 2.56 bits per heavy atom. The molecule has 4 nitrogen and oxygen atoms in total. The first-order chi connectivity index (χ1) is 16.5. The van der Waals surface area contributed by atoms with Crippen molar-refractivity contribution in [3.05, 3.63) is 111 Å². The number of benzene rings is 4. The SMILES string of the molecule is O=C1NC(=Nc2ccc(Cl)cc2)S/C1=C\c1ccc(OCc2cccc3ccccc23)c(Cl)c1. The molecule has 0 atom stereocenters. The first-order valence-electron chi connectivity index (χ1n) is 10.5. The Labute approximate surface area is 211 Å². The molecule has 1 saturated heterocycles. The molecule has 0 aliphatic carbocycles. The van der Waals surface area contributed by atoms with E-state index in [0.717, 1.165) is 16.5 Å². The van der Waals surface area contributed by atoms with Crippen molar-refractivity contribution in [3.8, 4) is 5.75 Å². The van der Waals surface area contributed by atoms with Gasteiger partial charge in [0, 0.05) is 5.02 Å². The molecule has 1 aliphatic rings. The number of amides is 1. The molecular formula is C27H18Cl2N2O2S. The lowest BCUT2D eigenvalue weighted by Gasteiger charge is -2.11. The van der Waals surface area contributed by atoms with E-state index in [1.807, 2.05) is 36.4 Å². The van der Waals surface area contributed by atoms with E-state index in [0.29, 0.717) is 38.2 Å². The van der Waals surface area contributed by atoms with Crippen molar-refractivity contribution >= 4 is 68.6 Å². The highest BCUT2D eigenvalue weighted by Crippen LogP contribution is 2.32. The molecule has 1 heterocycles. The maximum atomic E-state index is 12.4. The van der Waals surface area contributed by atoms with Gasteiger partial charge in [-0.15, -0.1) is 0 Å². The van der Waals surface area contributed by atoms with Gasteiger partial charge in [0.1, 0.15) is 12.4 Å². The second-order valence-electron chi connectivity index (χ2n) is 7.57. The van der Waals surface area contributed by atoms with Crippen molar-refractivity contribution in [1.82, 2.24) is 5.32 Å². The third kappa shape index (κ3) is 5.12. The fourth-order valence-corrected chi connectivity index (χ4v) is 4.77. The lowest BCUT2D eigenvalue weighted by Crippen LogP contribution is -2.19. The number of nitrogens with zero attached hydrogens (tertiary/aromatic N) is 1. The van der Waals surface area contributed by atoms with Crippen LogP contribution in [0.5, 0.6) is 5.75 Å². The number of thioether (sulfide) groups is 1. The number of halogens is 2. The molecule has 1 amide bonds. The Morgan fingerprint density at radius 1 is 0.941 bits per heavy atom. The molecule has 0 radical (unpaired) electrons. The van der Waals surface area contributed by atoms with Gasteiger partial charge >= 0.3 is 0 Å². The fraction of sp³-hybridized carbons (Fsp3) is 0.0370.